The third kappa shape index (κ3) is 3.96. The van der Waals surface area contributed by atoms with Crippen LogP contribution in [0.3, 0.4) is 0 Å². The van der Waals surface area contributed by atoms with Crippen molar-refractivity contribution in [3.8, 4) is 0 Å². The van der Waals surface area contributed by atoms with Crippen LogP contribution in [-0.2, 0) is 14.8 Å². The quantitative estimate of drug-likeness (QED) is 0.622. The number of carbonyl (C=O) groups is 1. The molecule has 1 amide bonds. The number of carbonyl (C=O) groups excluding carboxylic acids is 1. The van der Waals surface area contributed by atoms with Crippen LogP contribution in [0.5, 0.6) is 0 Å². The van der Waals surface area contributed by atoms with Gasteiger partial charge in [0.25, 0.3) is 10.0 Å². The minimum atomic E-state index is -3.47. The highest BCUT2D eigenvalue weighted by Gasteiger charge is 2.32. The number of hydrogen-bond donors (Lipinski definition) is 1. The van der Waals surface area contributed by atoms with Crippen LogP contribution < -0.4 is 10.2 Å². The first-order valence-electron chi connectivity index (χ1n) is 9.77. The van der Waals surface area contributed by atoms with Gasteiger partial charge in [0, 0.05) is 30.7 Å². The van der Waals surface area contributed by atoms with Crippen molar-refractivity contribution in [1.82, 2.24) is 8.87 Å². The molecule has 1 saturated heterocycles. The summed E-state index contributed by atoms with van der Waals surface area (Å²) in [5.74, 6) is -0.354. The van der Waals surface area contributed by atoms with E-state index >= 15 is 0 Å². The van der Waals surface area contributed by atoms with Gasteiger partial charge >= 0.3 is 4.87 Å². The lowest BCUT2D eigenvalue weighted by Crippen LogP contribution is -2.41. The molecule has 30 heavy (non-hydrogen) atoms. The summed E-state index contributed by atoms with van der Waals surface area (Å²) in [4.78, 5) is 24.9. The van der Waals surface area contributed by atoms with Gasteiger partial charge in [0.1, 0.15) is 4.21 Å². The van der Waals surface area contributed by atoms with Gasteiger partial charge in [-0.15, -0.1) is 11.3 Å². The van der Waals surface area contributed by atoms with Crippen molar-refractivity contribution in [3.05, 3.63) is 45.4 Å². The average molecular weight is 466 g/mol. The maximum atomic E-state index is 12.7. The Bertz CT molecular complexity index is 1220. The number of nitrogens with one attached hydrogen (secondary N) is 1. The van der Waals surface area contributed by atoms with Gasteiger partial charge in [-0.05, 0) is 56.3 Å². The van der Waals surface area contributed by atoms with Crippen LogP contribution in [0.25, 0.3) is 10.2 Å². The molecular formula is C20H23N3O4S3. The normalized spacial score (nSPS) is 16.4. The van der Waals surface area contributed by atoms with Crippen LogP contribution in [0.1, 0.15) is 32.7 Å². The van der Waals surface area contributed by atoms with E-state index in [1.54, 1.807) is 22.1 Å². The fourth-order valence-corrected chi connectivity index (χ4v) is 7.41. The Labute approximate surface area is 183 Å². The lowest BCUT2D eigenvalue weighted by molar-refractivity contribution is -0.120. The fourth-order valence-electron chi connectivity index (χ4n) is 3.74. The van der Waals surface area contributed by atoms with Gasteiger partial charge < -0.3 is 5.32 Å². The standard InChI is InChI=1S/C20H23N3O4S3/c1-13(2)23-16-6-5-15(12-17(16)29-20(23)25)21-19(24)14-7-9-22(10-8-14)30(26,27)18-4-3-11-28-18/h3-6,11-14H,7-10H2,1-2H3,(H,21,24). The number of fused-ring (bicyclic) bond motifs is 1. The highest BCUT2D eigenvalue weighted by atomic mass is 32.2. The monoisotopic (exact) mass is 465 g/mol. The van der Waals surface area contributed by atoms with Crippen molar-refractivity contribution >= 4 is 54.5 Å². The summed E-state index contributed by atoms with van der Waals surface area (Å²) in [6.07, 6.45) is 0.964. The molecule has 0 radical (unpaired) electrons. The topological polar surface area (TPSA) is 88.5 Å². The largest absolute Gasteiger partial charge is 0.326 e. The van der Waals surface area contributed by atoms with Gasteiger partial charge in [0.2, 0.25) is 5.91 Å². The van der Waals surface area contributed by atoms with Gasteiger partial charge in [-0.3, -0.25) is 14.2 Å². The number of hydrogen-bond acceptors (Lipinski definition) is 6. The Hall–Kier alpha value is -2.01. The average Bonchev–Trinajstić information content (AvgIpc) is 3.35. The number of anilines is 1. The first kappa shape index (κ1) is 21.2. The number of thiazole rings is 1. The molecule has 0 unspecified atom stereocenters. The molecule has 0 saturated carbocycles. The zero-order chi connectivity index (χ0) is 21.5. The molecule has 2 aromatic heterocycles. The Balaban J connectivity index is 1.42. The number of thiophene rings is 1. The van der Waals surface area contributed by atoms with Crippen molar-refractivity contribution in [2.75, 3.05) is 18.4 Å². The smallest absolute Gasteiger partial charge is 0.308 e. The second-order valence-electron chi connectivity index (χ2n) is 7.61. The molecule has 1 aliphatic heterocycles. The number of aromatic nitrogens is 1. The molecule has 3 heterocycles. The van der Waals surface area contributed by atoms with E-state index in [1.165, 1.54) is 27.0 Å². The van der Waals surface area contributed by atoms with E-state index in [4.69, 9.17) is 0 Å². The molecule has 10 heteroatoms. The van der Waals surface area contributed by atoms with Crippen LogP contribution in [0, 0.1) is 5.92 Å². The first-order valence-corrected chi connectivity index (χ1v) is 12.9. The second kappa shape index (κ2) is 8.26. The molecule has 0 aliphatic carbocycles. The zero-order valence-electron chi connectivity index (χ0n) is 16.7. The highest BCUT2D eigenvalue weighted by Crippen LogP contribution is 2.28. The Morgan fingerprint density at radius 1 is 1.20 bits per heavy atom. The summed E-state index contributed by atoms with van der Waals surface area (Å²) in [6.45, 7) is 4.59. The lowest BCUT2D eigenvalue weighted by Gasteiger charge is -2.30. The molecule has 0 bridgehead atoms. The van der Waals surface area contributed by atoms with Crippen LogP contribution >= 0.6 is 22.7 Å². The van der Waals surface area contributed by atoms with Gasteiger partial charge in [-0.25, -0.2) is 8.42 Å². The van der Waals surface area contributed by atoms with Crippen molar-refractivity contribution < 1.29 is 13.2 Å². The molecule has 0 atom stereocenters. The number of nitrogens with zero attached hydrogens (tertiary/aromatic N) is 2. The predicted molar refractivity (Wildman–Crippen MR) is 121 cm³/mol. The van der Waals surface area contributed by atoms with Gasteiger partial charge in [0.05, 0.1) is 10.2 Å². The third-order valence-corrected chi connectivity index (χ3v) is 9.50. The molecule has 1 aromatic carbocycles. The molecule has 4 rings (SSSR count). The minimum Gasteiger partial charge on any atom is -0.326 e. The molecule has 1 aliphatic rings. The Morgan fingerprint density at radius 3 is 2.57 bits per heavy atom. The summed E-state index contributed by atoms with van der Waals surface area (Å²) in [5.41, 5.74) is 1.52. The van der Waals surface area contributed by atoms with E-state index in [2.05, 4.69) is 5.32 Å². The predicted octanol–water partition coefficient (Wildman–Crippen LogP) is 3.74. The summed E-state index contributed by atoms with van der Waals surface area (Å²) < 4.78 is 29.6. The molecule has 3 aromatic rings. The fraction of sp³-hybridized carbons (Fsp3) is 0.400. The zero-order valence-corrected chi connectivity index (χ0v) is 19.1. The summed E-state index contributed by atoms with van der Waals surface area (Å²) in [7, 11) is -3.47. The Kier molecular flexibility index (Phi) is 5.84. The second-order valence-corrected chi connectivity index (χ2v) is 11.7. The minimum absolute atomic E-state index is 0.0113. The van der Waals surface area contributed by atoms with Crippen molar-refractivity contribution in [3.63, 3.8) is 0 Å². The van der Waals surface area contributed by atoms with Gasteiger partial charge in [-0.1, -0.05) is 17.4 Å². The summed E-state index contributed by atoms with van der Waals surface area (Å²) >= 11 is 2.38. The van der Waals surface area contributed by atoms with Crippen LogP contribution in [0.15, 0.2) is 44.7 Å². The first-order chi connectivity index (χ1) is 14.3. The highest BCUT2D eigenvalue weighted by molar-refractivity contribution is 7.91. The van der Waals surface area contributed by atoms with Crippen molar-refractivity contribution in [2.45, 2.75) is 36.9 Å². The van der Waals surface area contributed by atoms with Gasteiger partial charge in [-0.2, -0.15) is 4.31 Å². The van der Waals surface area contributed by atoms with Gasteiger partial charge in [0.15, 0.2) is 0 Å². The van der Waals surface area contributed by atoms with E-state index in [0.29, 0.717) is 35.8 Å². The van der Waals surface area contributed by atoms with Crippen molar-refractivity contribution in [2.24, 2.45) is 5.92 Å². The number of piperidine rings is 1. The van der Waals surface area contributed by atoms with Crippen molar-refractivity contribution in [1.29, 1.82) is 0 Å². The number of rotatable bonds is 5. The van der Waals surface area contributed by atoms with Crippen LogP contribution in [0.4, 0.5) is 5.69 Å². The van der Waals surface area contributed by atoms with E-state index < -0.39 is 10.0 Å². The molecule has 1 N–H and O–H groups in total. The van der Waals surface area contributed by atoms with E-state index in [0.717, 1.165) is 10.2 Å². The number of sulfonamides is 1. The number of amides is 1. The molecule has 160 valence electrons. The summed E-state index contributed by atoms with van der Waals surface area (Å²) in [5, 5.41) is 4.68. The van der Waals surface area contributed by atoms with E-state index in [1.807, 2.05) is 32.0 Å². The number of benzene rings is 1. The van der Waals surface area contributed by atoms with E-state index in [-0.39, 0.29) is 22.7 Å². The van der Waals surface area contributed by atoms with E-state index in [9.17, 15) is 18.0 Å². The molecular weight excluding hydrogens is 442 g/mol. The Morgan fingerprint density at radius 2 is 1.93 bits per heavy atom. The third-order valence-electron chi connectivity index (χ3n) is 5.31. The van der Waals surface area contributed by atoms with Crippen LogP contribution in [0.2, 0.25) is 0 Å². The molecule has 7 nitrogen and oxygen atoms in total. The maximum Gasteiger partial charge on any atom is 0.308 e. The summed E-state index contributed by atoms with van der Waals surface area (Å²) in [6, 6.07) is 8.90. The maximum absolute atomic E-state index is 12.7. The SMILES string of the molecule is CC(C)n1c(=O)sc2cc(NC(=O)C3CCN(S(=O)(=O)c4cccs4)CC3)ccc21. The molecule has 1 fully saturated rings. The molecule has 0 spiro atoms. The lowest BCUT2D eigenvalue weighted by atomic mass is 9.97. The van der Waals surface area contributed by atoms with Crippen LogP contribution in [-0.4, -0.2) is 36.3 Å².